The van der Waals surface area contributed by atoms with Gasteiger partial charge in [0.25, 0.3) is 0 Å². The Bertz CT molecular complexity index is 152. The van der Waals surface area contributed by atoms with Gasteiger partial charge >= 0.3 is 0 Å². The number of methoxy groups -OCH3 is 1. The van der Waals surface area contributed by atoms with Crippen LogP contribution in [0.3, 0.4) is 0 Å². The lowest BCUT2D eigenvalue weighted by Gasteiger charge is -2.31. The van der Waals surface area contributed by atoms with E-state index in [0.29, 0.717) is 12.1 Å². The lowest BCUT2D eigenvalue weighted by molar-refractivity contribution is 0.0809. The Hall–Kier alpha value is -0.0800. The van der Waals surface area contributed by atoms with Crippen molar-refractivity contribution in [3.8, 4) is 0 Å². The van der Waals surface area contributed by atoms with E-state index in [4.69, 9.17) is 4.74 Å². The van der Waals surface area contributed by atoms with E-state index in [1.807, 2.05) is 0 Å². The molecule has 0 amide bonds. The molecule has 0 aromatic heterocycles. The van der Waals surface area contributed by atoms with Crippen LogP contribution in [0.5, 0.6) is 0 Å². The number of nitrogens with one attached hydrogen (secondary N) is 1. The van der Waals surface area contributed by atoms with E-state index in [9.17, 15) is 0 Å². The highest BCUT2D eigenvalue weighted by atomic mass is 16.5. The van der Waals surface area contributed by atoms with Crippen molar-refractivity contribution >= 4 is 0 Å². The van der Waals surface area contributed by atoms with Gasteiger partial charge in [-0.1, -0.05) is 6.92 Å². The molecule has 0 aliphatic heterocycles. The molecule has 0 spiro atoms. The molecule has 1 rings (SSSR count). The van der Waals surface area contributed by atoms with Gasteiger partial charge in [-0.25, -0.2) is 0 Å². The van der Waals surface area contributed by atoms with Crippen molar-refractivity contribution in [3.63, 3.8) is 0 Å². The zero-order valence-corrected chi connectivity index (χ0v) is 10.0. The van der Waals surface area contributed by atoms with Crippen LogP contribution in [0.15, 0.2) is 0 Å². The van der Waals surface area contributed by atoms with Gasteiger partial charge in [0.2, 0.25) is 0 Å². The second kappa shape index (κ2) is 5.72. The predicted molar refractivity (Wildman–Crippen MR) is 60.5 cm³/mol. The van der Waals surface area contributed by atoms with Crippen molar-refractivity contribution in [1.29, 1.82) is 0 Å². The Morgan fingerprint density at radius 1 is 1.14 bits per heavy atom. The number of hydrogen-bond acceptors (Lipinski definition) is 2. The molecule has 0 radical (unpaired) electrons. The first-order valence-corrected chi connectivity index (χ1v) is 5.92. The minimum Gasteiger partial charge on any atom is -0.380 e. The van der Waals surface area contributed by atoms with Crippen molar-refractivity contribution < 1.29 is 4.74 Å². The van der Waals surface area contributed by atoms with E-state index in [2.05, 4.69) is 26.1 Å². The Balaban J connectivity index is 2.23. The lowest BCUT2D eigenvalue weighted by Crippen LogP contribution is -2.44. The quantitative estimate of drug-likeness (QED) is 0.751. The monoisotopic (exact) mass is 199 g/mol. The molecule has 0 aromatic rings. The van der Waals surface area contributed by atoms with Crippen molar-refractivity contribution in [1.82, 2.24) is 5.32 Å². The van der Waals surface area contributed by atoms with Crippen LogP contribution in [0.25, 0.3) is 0 Å². The Morgan fingerprint density at radius 3 is 2.21 bits per heavy atom. The van der Waals surface area contributed by atoms with E-state index in [0.717, 1.165) is 12.0 Å². The molecule has 0 aromatic carbocycles. The third-order valence-electron chi connectivity index (χ3n) is 3.59. The summed E-state index contributed by atoms with van der Waals surface area (Å²) in [5.41, 5.74) is 0. The molecule has 1 N–H and O–H groups in total. The average molecular weight is 199 g/mol. The van der Waals surface area contributed by atoms with Crippen LogP contribution in [0.2, 0.25) is 0 Å². The van der Waals surface area contributed by atoms with Crippen molar-refractivity contribution in [2.75, 3.05) is 7.11 Å². The summed E-state index contributed by atoms with van der Waals surface area (Å²) in [5, 5.41) is 3.67. The van der Waals surface area contributed by atoms with Gasteiger partial charge in [0.05, 0.1) is 6.10 Å². The first-order chi connectivity index (χ1) is 6.63. The van der Waals surface area contributed by atoms with Gasteiger partial charge in [-0.15, -0.1) is 0 Å². The third-order valence-corrected chi connectivity index (χ3v) is 3.59. The minimum absolute atomic E-state index is 0.314. The summed E-state index contributed by atoms with van der Waals surface area (Å²) in [6, 6.07) is 1.19. The summed E-state index contributed by atoms with van der Waals surface area (Å²) < 4.78 is 5.31. The molecule has 1 aliphatic rings. The number of hydrogen-bond donors (Lipinski definition) is 1. The Kier molecular flexibility index (Phi) is 4.90. The standard InChI is InChI=1S/C12H25NO/c1-9-5-7-12(8-6-9)13-10(2)11(3)14-4/h9-13H,5-8H2,1-4H3. The van der Waals surface area contributed by atoms with Gasteiger partial charge in [-0.2, -0.15) is 0 Å². The molecule has 2 atom stereocenters. The molecule has 1 saturated carbocycles. The lowest BCUT2D eigenvalue weighted by atomic mass is 9.87. The maximum Gasteiger partial charge on any atom is 0.0693 e. The highest BCUT2D eigenvalue weighted by molar-refractivity contribution is 4.79. The van der Waals surface area contributed by atoms with Crippen LogP contribution in [0.1, 0.15) is 46.5 Å². The van der Waals surface area contributed by atoms with E-state index < -0.39 is 0 Å². The van der Waals surface area contributed by atoms with Gasteiger partial charge in [0, 0.05) is 19.2 Å². The fraction of sp³-hybridized carbons (Fsp3) is 1.00. The van der Waals surface area contributed by atoms with E-state index in [1.54, 1.807) is 7.11 Å². The molecular formula is C12H25NO. The van der Waals surface area contributed by atoms with Gasteiger partial charge < -0.3 is 10.1 Å². The molecule has 2 heteroatoms. The number of ether oxygens (including phenoxy) is 1. The second-order valence-electron chi connectivity index (χ2n) is 4.85. The summed E-state index contributed by atoms with van der Waals surface area (Å²) in [6.45, 7) is 6.70. The second-order valence-corrected chi connectivity index (χ2v) is 4.85. The van der Waals surface area contributed by atoms with E-state index in [-0.39, 0.29) is 0 Å². The summed E-state index contributed by atoms with van der Waals surface area (Å²) >= 11 is 0. The molecule has 0 saturated heterocycles. The van der Waals surface area contributed by atoms with Crippen molar-refractivity contribution in [3.05, 3.63) is 0 Å². The topological polar surface area (TPSA) is 21.3 Å². The van der Waals surface area contributed by atoms with E-state index >= 15 is 0 Å². The van der Waals surface area contributed by atoms with Gasteiger partial charge in [-0.3, -0.25) is 0 Å². The third kappa shape index (κ3) is 3.58. The smallest absolute Gasteiger partial charge is 0.0693 e. The molecule has 1 fully saturated rings. The fourth-order valence-corrected chi connectivity index (χ4v) is 2.14. The molecule has 1 aliphatic carbocycles. The maximum atomic E-state index is 5.31. The van der Waals surface area contributed by atoms with Crippen molar-refractivity contribution in [2.45, 2.75) is 64.6 Å². The molecule has 0 bridgehead atoms. The summed E-state index contributed by atoms with van der Waals surface area (Å²) in [4.78, 5) is 0. The summed E-state index contributed by atoms with van der Waals surface area (Å²) in [5.74, 6) is 0.934. The van der Waals surface area contributed by atoms with Gasteiger partial charge in [0.1, 0.15) is 0 Å². The highest BCUT2D eigenvalue weighted by Crippen LogP contribution is 2.23. The van der Waals surface area contributed by atoms with Crippen LogP contribution >= 0.6 is 0 Å². The van der Waals surface area contributed by atoms with Crippen LogP contribution in [0, 0.1) is 5.92 Å². The molecule has 84 valence electrons. The SMILES string of the molecule is COC(C)C(C)NC1CCC(C)CC1. The molecular weight excluding hydrogens is 174 g/mol. The van der Waals surface area contributed by atoms with Crippen LogP contribution < -0.4 is 5.32 Å². The Labute approximate surface area is 88.4 Å². The fourth-order valence-electron chi connectivity index (χ4n) is 2.14. The largest absolute Gasteiger partial charge is 0.380 e. The summed E-state index contributed by atoms with van der Waals surface area (Å²) in [7, 11) is 1.78. The van der Waals surface area contributed by atoms with Gasteiger partial charge in [-0.05, 0) is 45.4 Å². The number of rotatable bonds is 4. The zero-order chi connectivity index (χ0) is 10.6. The molecule has 0 heterocycles. The predicted octanol–water partition coefficient (Wildman–Crippen LogP) is 2.58. The van der Waals surface area contributed by atoms with Crippen LogP contribution in [-0.2, 0) is 4.74 Å². The first kappa shape index (κ1) is 12.0. The highest BCUT2D eigenvalue weighted by Gasteiger charge is 2.21. The van der Waals surface area contributed by atoms with Crippen LogP contribution in [-0.4, -0.2) is 25.3 Å². The van der Waals surface area contributed by atoms with Gasteiger partial charge in [0.15, 0.2) is 0 Å². The van der Waals surface area contributed by atoms with Crippen molar-refractivity contribution in [2.24, 2.45) is 5.92 Å². The normalized spacial score (nSPS) is 32.6. The van der Waals surface area contributed by atoms with E-state index in [1.165, 1.54) is 25.7 Å². The summed E-state index contributed by atoms with van der Waals surface area (Å²) in [6.07, 6.45) is 5.75. The molecule has 2 unspecified atom stereocenters. The average Bonchev–Trinajstić information content (AvgIpc) is 2.20. The maximum absolute atomic E-state index is 5.31. The molecule has 14 heavy (non-hydrogen) atoms. The first-order valence-electron chi connectivity index (χ1n) is 5.92. The Morgan fingerprint density at radius 2 is 1.71 bits per heavy atom. The zero-order valence-electron chi connectivity index (χ0n) is 10.0. The molecule has 2 nitrogen and oxygen atoms in total. The minimum atomic E-state index is 0.314. The van der Waals surface area contributed by atoms with Crippen LogP contribution in [0.4, 0.5) is 0 Å².